The molecule has 0 N–H and O–H groups in total. The molecule has 0 fully saturated rings. The van der Waals surface area contributed by atoms with Crippen molar-refractivity contribution in [3.63, 3.8) is 0 Å². The van der Waals surface area contributed by atoms with Gasteiger partial charge >= 0.3 is 5.97 Å². The monoisotopic (exact) mass is 346 g/mol. The molecule has 3 rings (SSSR count). The van der Waals surface area contributed by atoms with Gasteiger partial charge in [-0.1, -0.05) is 83.2 Å². The Balaban J connectivity index is 2.07. The fourth-order valence-electron chi connectivity index (χ4n) is 3.09. The van der Waals surface area contributed by atoms with Gasteiger partial charge in [-0.15, -0.1) is 0 Å². The van der Waals surface area contributed by atoms with E-state index in [2.05, 4.69) is 46.8 Å². The molecule has 0 unspecified atom stereocenters. The number of carbonyl (C=O) groups is 1. The molecule has 2 heteroatoms. The lowest BCUT2D eigenvalue weighted by Gasteiger charge is -2.23. The first-order valence-electron chi connectivity index (χ1n) is 9.12. The Kier molecular flexibility index (Phi) is 4.86. The van der Waals surface area contributed by atoms with Crippen LogP contribution in [0.4, 0.5) is 0 Å². The standard InChI is InChI=1S/C24H26O2/c1-16(2)18-14-20-19(13-9-12-17-10-7-6-8-11-17)23(25)26-22(20)21(15-18)24(3,4)5/h6-16H,1-5H3/b12-9+,19-13+. The van der Waals surface area contributed by atoms with Crippen molar-refractivity contribution in [2.45, 2.75) is 46.0 Å². The summed E-state index contributed by atoms with van der Waals surface area (Å²) >= 11 is 0. The zero-order chi connectivity index (χ0) is 18.9. The molecule has 0 atom stereocenters. The molecule has 0 spiro atoms. The van der Waals surface area contributed by atoms with Gasteiger partial charge in [-0.3, -0.25) is 0 Å². The van der Waals surface area contributed by atoms with Crippen LogP contribution >= 0.6 is 0 Å². The van der Waals surface area contributed by atoms with Crippen molar-refractivity contribution in [3.05, 3.63) is 76.9 Å². The van der Waals surface area contributed by atoms with Crippen LogP contribution < -0.4 is 4.74 Å². The van der Waals surface area contributed by atoms with Crippen molar-refractivity contribution in [1.29, 1.82) is 0 Å². The van der Waals surface area contributed by atoms with E-state index in [4.69, 9.17) is 4.74 Å². The largest absolute Gasteiger partial charge is 0.422 e. The topological polar surface area (TPSA) is 26.3 Å². The lowest BCUT2D eigenvalue weighted by atomic mass is 9.82. The van der Waals surface area contributed by atoms with Crippen LogP contribution in [0.5, 0.6) is 5.75 Å². The first-order chi connectivity index (χ1) is 12.3. The minimum Gasteiger partial charge on any atom is -0.422 e. The van der Waals surface area contributed by atoms with Crippen molar-refractivity contribution >= 4 is 17.6 Å². The molecule has 0 radical (unpaired) electrons. The molecule has 134 valence electrons. The number of fused-ring (bicyclic) bond motifs is 1. The quantitative estimate of drug-likeness (QED) is 0.380. The summed E-state index contributed by atoms with van der Waals surface area (Å²) in [4.78, 5) is 12.5. The van der Waals surface area contributed by atoms with E-state index < -0.39 is 0 Å². The van der Waals surface area contributed by atoms with Gasteiger partial charge in [0.25, 0.3) is 0 Å². The Morgan fingerprint density at radius 2 is 1.73 bits per heavy atom. The van der Waals surface area contributed by atoms with Gasteiger partial charge in [-0.05, 0) is 34.6 Å². The number of hydrogen-bond donors (Lipinski definition) is 0. The number of carbonyl (C=O) groups excluding carboxylic acids is 1. The highest BCUT2D eigenvalue weighted by atomic mass is 16.5. The van der Waals surface area contributed by atoms with Gasteiger partial charge in [0.1, 0.15) is 5.75 Å². The average molecular weight is 346 g/mol. The van der Waals surface area contributed by atoms with E-state index in [0.29, 0.717) is 17.2 Å². The molecule has 0 bridgehead atoms. The van der Waals surface area contributed by atoms with Crippen molar-refractivity contribution in [1.82, 2.24) is 0 Å². The molecule has 1 aliphatic rings. The number of benzene rings is 2. The Bertz CT molecular complexity index is 878. The molecule has 1 heterocycles. The molecule has 26 heavy (non-hydrogen) atoms. The van der Waals surface area contributed by atoms with E-state index in [-0.39, 0.29) is 11.4 Å². The molecule has 0 aliphatic carbocycles. The smallest absolute Gasteiger partial charge is 0.344 e. The van der Waals surface area contributed by atoms with Crippen LogP contribution in [0.3, 0.4) is 0 Å². The molecule has 0 amide bonds. The van der Waals surface area contributed by atoms with Gasteiger partial charge in [-0.25, -0.2) is 4.79 Å². The van der Waals surface area contributed by atoms with Crippen molar-refractivity contribution in [3.8, 4) is 5.75 Å². The molecule has 2 aromatic rings. The highest BCUT2D eigenvalue weighted by Gasteiger charge is 2.33. The SMILES string of the molecule is CC(C)c1cc2c(c(C(C)(C)C)c1)OC(=O)/C2=C/C=C/c1ccccc1. The maximum Gasteiger partial charge on any atom is 0.344 e. The molecule has 1 aliphatic heterocycles. The van der Waals surface area contributed by atoms with E-state index in [1.165, 1.54) is 5.56 Å². The average Bonchev–Trinajstić information content (AvgIpc) is 2.89. The molecular weight excluding hydrogens is 320 g/mol. The van der Waals surface area contributed by atoms with Gasteiger partial charge in [-0.2, -0.15) is 0 Å². The summed E-state index contributed by atoms with van der Waals surface area (Å²) in [5.74, 6) is 0.827. The fourth-order valence-corrected chi connectivity index (χ4v) is 3.09. The molecule has 2 nitrogen and oxygen atoms in total. The Labute approximate surface area is 156 Å². The highest BCUT2D eigenvalue weighted by Crippen LogP contribution is 2.44. The molecular formula is C24H26O2. The van der Waals surface area contributed by atoms with Gasteiger partial charge < -0.3 is 4.74 Å². The van der Waals surface area contributed by atoms with Gasteiger partial charge in [0.05, 0.1) is 5.57 Å². The fraction of sp³-hybridized carbons (Fsp3) is 0.292. The Morgan fingerprint density at radius 1 is 1.04 bits per heavy atom. The Morgan fingerprint density at radius 3 is 2.35 bits per heavy atom. The normalized spacial score (nSPS) is 15.8. The van der Waals surface area contributed by atoms with Gasteiger partial charge in [0.2, 0.25) is 0 Å². The summed E-state index contributed by atoms with van der Waals surface area (Å²) < 4.78 is 5.67. The number of ether oxygens (including phenoxy) is 1. The lowest BCUT2D eigenvalue weighted by molar-refractivity contribution is -0.127. The van der Waals surface area contributed by atoms with Crippen LogP contribution in [0, 0.1) is 0 Å². The second kappa shape index (κ2) is 6.95. The lowest BCUT2D eigenvalue weighted by Crippen LogP contribution is -2.14. The van der Waals surface area contributed by atoms with Crippen LogP contribution in [-0.4, -0.2) is 5.97 Å². The molecule has 0 aromatic heterocycles. The summed E-state index contributed by atoms with van der Waals surface area (Å²) in [6.07, 6.45) is 5.77. The minimum absolute atomic E-state index is 0.0927. The van der Waals surface area contributed by atoms with Crippen LogP contribution in [0.25, 0.3) is 11.6 Å². The third kappa shape index (κ3) is 3.65. The maximum absolute atomic E-state index is 12.5. The van der Waals surface area contributed by atoms with E-state index in [1.54, 1.807) is 0 Å². The summed E-state index contributed by atoms with van der Waals surface area (Å²) in [7, 11) is 0. The summed E-state index contributed by atoms with van der Waals surface area (Å²) in [5.41, 5.74) is 4.85. The predicted molar refractivity (Wildman–Crippen MR) is 108 cm³/mol. The van der Waals surface area contributed by atoms with Crippen molar-refractivity contribution in [2.75, 3.05) is 0 Å². The zero-order valence-electron chi connectivity index (χ0n) is 16.2. The first kappa shape index (κ1) is 18.2. The first-order valence-corrected chi connectivity index (χ1v) is 9.12. The van der Waals surface area contributed by atoms with Crippen molar-refractivity contribution in [2.24, 2.45) is 0 Å². The third-order valence-corrected chi connectivity index (χ3v) is 4.64. The third-order valence-electron chi connectivity index (χ3n) is 4.64. The van der Waals surface area contributed by atoms with Crippen LogP contribution in [0.1, 0.15) is 62.8 Å². The number of allylic oxidation sites excluding steroid dienone is 2. The maximum atomic E-state index is 12.5. The second-order valence-corrected chi connectivity index (χ2v) is 8.09. The van der Waals surface area contributed by atoms with Gasteiger partial charge in [0.15, 0.2) is 0 Å². The summed E-state index contributed by atoms with van der Waals surface area (Å²) in [6.45, 7) is 10.8. The van der Waals surface area contributed by atoms with Crippen LogP contribution in [0.15, 0.2) is 54.6 Å². The Hall–Kier alpha value is -2.61. The van der Waals surface area contributed by atoms with E-state index in [1.807, 2.05) is 48.6 Å². The summed E-state index contributed by atoms with van der Waals surface area (Å²) in [6, 6.07) is 14.3. The molecule has 0 saturated carbocycles. The van der Waals surface area contributed by atoms with Gasteiger partial charge in [0, 0.05) is 11.1 Å². The molecule has 0 saturated heterocycles. The van der Waals surface area contributed by atoms with E-state index in [9.17, 15) is 4.79 Å². The summed E-state index contributed by atoms with van der Waals surface area (Å²) in [5, 5.41) is 0. The molecule has 2 aromatic carbocycles. The van der Waals surface area contributed by atoms with E-state index in [0.717, 1.165) is 16.7 Å². The van der Waals surface area contributed by atoms with Crippen molar-refractivity contribution < 1.29 is 9.53 Å². The van der Waals surface area contributed by atoms with Crippen LogP contribution in [0.2, 0.25) is 0 Å². The minimum atomic E-state index is -0.274. The predicted octanol–water partition coefficient (Wildman–Crippen LogP) is 6.12. The van der Waals surface area contributed by atoms with E-state index >= 15 is 0 Å². The number of rotatable bonds is 3. The van der Waals surface area contributed by atoms with Crippen LogP contribution in [-0.2, 0) is 10.2 Å². The number of esters is 1. The second-order valence-electron chi connectivity index (χ2n) is 8.09. The zero-order valence-corrected chi connectivity index (χ0v) is 16.2. The number of hydrogen-bond acceptors (Lipinski definition) is 2. The highest BCUT2D eigenvalue weighted by molar-refractivity contribution is 6.22.